The van der Waals surface area contributed by atoms with Gasteiger partial charge in [0.2, 0.25) is 6.41 Å². The molecule has 0 aliphatic carbocycles. The van der Waals surface area contributed by atoms with Crippen molar-refractivity contribution in [3.8, 4) is 0 Å². The fraction of sp³-hybridized carbons (Fsp3) is 0.429. The van der Waals surface area contributed by atoms with E-state index in [0.717, 1.165) is 43.6 Å². The van der Waals surface area contributed by atoms with Crippen molar-refractivity contribution in [1.82, 2.24) is 14.7 Å². The van der Waals surface area contributed by atoms with Crippen molar-refractivity contribution in [2.75, 3.05) is 32.7 Å². The van der Waals surface area contributed by atoms with E-state index in [0.29, 0.717) is 44.6 Å². The van der Waals surface area contributed by atoms with Crippen molar-refractivity contribution in [2.24, 2.45) is 5.92 Å². The largest absolute Gasteiger partial charge is 0.356 e. The van der Waals surface area contributed by atoms with Crippen LogP contribution in [0.25, 0.3) is 0 Å². The second-order valence-electron chi connectivity index (χ2n) is 12.2. The number of carbonyl (C=O) groups excluding carboxylic acids is 2. The third kappa shape index (κ3) is 6.35. The minimum absolute atomic E-state index is 0.00751. The number of amides is 1. The van der Waals surface area contributed by atoms with Crippen LogP contribution in [0.3, 0.4) is 0 Å². The van der Waals surface area contributed by atoms with Gasteiger partial charge in [0.1, 0.15) is 0 Å². The van der Waals surface area contributed by atoms with Crippen molar-refractivity contribution >= 4 is 11.7 Å². The number of Topliss-reactive ketones (excluding diaryl/α,β-unsaturated/α-hetero) is 1. The van der Waals surface area contributed by atoms with Gasteiger partial charge in [-0.1, -0.05) is 66.7 Å². The van der Waals surface area contributed by atoms with Gasteiger partial charge >= 0.3 is 0 Å². The van der Waals surface area contributed by atoms with E-state index >= 15 is 0 Å². The number of rotatable bonds is 7. The number of hydrogen-bond acceptors (Lipinski definition) is 6. The van der Waals surface area contributed by atoms with Gasteiger partial charge in [-0.25, -0.2) is 4.90 Å². The summed E-state index contributed by atoms with van der Waals surface area (Å²) in [6.07, 6.45) is 2.25. The molecule has 7 heteroatoms. The Morgan fingerprint density at radius 3 is 2.19 bits per heavy atom. The standard InChI is InChI=1S/C35H41N3O4/c1-26-7-5-6-10-31(26)24-36-21-17-35(18-22-36)25-38(34(41)42-35)23-27-11-13-30(14-12-27)33(40)37-19-15-29(16-20-37)32(39)28-8-3-2-4-9-28/h2-14,29,34,41H,15-25H2,1H3. The average Bonchev–Trinajstić information content (AvgIpc) is 3.33. The summed E-state index contributed by atoms with van der Waals surface area (Å²) in [7, 11) is 0. The molecule has 0 saturated carbocycles. The van der Waals surface area contributed by atoms with Crippen molar-refractivity contribution in [3.05, 3.63) is 107 Å². The second-order valence-corrected chi connectivity index (χ2v) is 12.2. The van der Waals surface area contributed by atoms with Crippen LogP contribution in [0.15, 0.2) is 78.9 Å². The number of aliphatic hydroxyl groups is 1. The van der Waals surface area contributed by atoms with Crippen LogP contribution in [0.2, 0.25) is 0 Å². The highest BCUT2D eigenvalue weighted by molar-refractivity contribution is 5.98. The number of hydrogen-bond donors (Lipinski definition) is 1. The molecule has 7 nitrogen and oxygen atoms in total. The molecule has 0 bridgehead atoms. The van der Waals surface area contributed by atoms with Crippen LogP contribution in [0, 0.1) is 12.8 Å². The summed E-state index contributed by atoms with van der Waals surface area (Å²) in [5.41, 5.74) is 4.82. The normalized spacial score (nSPS) is 21.6. The molecule has 1 spiro atoms. The van der Waals surface area contributed by atoms with Crippen molar-refractivity contribution in [3.63, 3.8) is 0 Å². The SMILES string of the molecule is Cc1ccccc1CN1CCC2(CC1)CN(Cc1ccc(C(=O)N3CCC(C(=O)c4ccccc4)CC3)cc1)C(O)O2. The van der Waals surface area contributed by atoms with Crippen LogP contribution in [0.5, 0.6) is 0 Å². The molecule has 3 aliphatic heterocycles. The van der Waals surface area contributed by atoms with Crippen molar-refractivity contribution in [1.29, 1.82) is 0 Å². The van der Waals surface area contributed by atoms with Gasteiger partial charge in [0, 0.05) is 62.9 Å². The van der Waals surface area contributed by atoms with Gasteiger partial charge in [-0.15, -0.1) is 0 Å². The number of ether oxygens (including phenoxy) is 1. The Balaban J connectivity index is 0.985. The maximum absolute atomic E-state index is 13.2. The number of ketones is 1. The molecule has 3 saturated heterocycles. The Kier molecular flexibility index (Phi) is 8.54. The van der Waals surface area contributed by atoms with Gasteiger partial charge < -0.3 is 14.7 Å². The van der Waals surface area contributed by atoms with Gasteiger partial charge in [-0.05, 0) is 61.4 Å². The number of aliphatic hydroxyl groups excluding tert-OH is 1. The summed E-state index contributed by atoms with van der Waals surface area (Å²) in [6, 6.07) is 25.7. The third-order valence-corrected chi connectivity index (χ3v) is 9.38. The van der Waals surface area contributed by atoms with E-state index in [2.05, 4.69) is 36.1 Å². The summed E-state index contributed by atoms with van der Waals surface area (Å²) < 4.78 is 6.16. The maximum atomic E-state index is 13.2. The Bertz CT molecular complexity index is 1380. The molecule has 1 unspecified atom stereocenters. The number of piperidine rings is 2. The lowest BCUT2D eigenvalue weighted by molar-refractivity contribution is -0.187. The third-order valence-electron chi connectivity index (χ3n) is 9.38. The number of carbonyl (C=O) groups is 2. The number of aryl methyl sites for hydroxylation is 1. The number of benzene rings is 3. The first-order valence-corrected chi connectivity index (χ1v) is 15.2. The maximum Gasteiger partial charge on any atom is 0.253 e. The Hall–Kier alpha value is -3.36. The van der Waals surface area contributed by atoms with Gasteiger partial charge in [0.15, 0.2) is 5.78 Å². The first-order chi connectivity index (χ1) is 20.4. The summed E-state index contributed by atoms with van der Waals surface area (Å²) >= 11 is 0. The molecule has 220 valence electrons. The van der Waals surface area contributed by atoms with Crippen LogP contribution in [-0.4, -0.2) is 76.2 Å². The van der Waals surface area contributed by atoms with E-state index < -0.39 is 6.41 Å². The summed E-state index contributed by atoms with van der Waals surface area (Å²) in [6.45, 7) is 7.45. The van der Waals surface area contributed by atoms with Crippen LogP contribution < -0.4 is 0 Å². The van der Waals surface area contributed by atoms with E-state index in [-0.39, 0.29) is 23.2 Å². The molecule has 3 aromatic rings. The highest BCUT2D eigenvalue weighted by atomic mass is 16.7. The molecule has 1 amide bonds. The lowest BCUT2D eigenvalue weighted by atomic mass is 9.88. The van der Waals surface area contributed by atoms with Crippen LogP contribution >= 0.6 is 0 Å². The quantitative estimate of drug-likeness (QED) is 0.411. The van der Waals surface area contributed by atoms with E-state index in [1.165, 1.54) is 11.1 Å². The van der Waals surface area contributed by atoms with E-state index in [4.69, 9.17) is 4.74 Å². The summed E-state index contributed by atoms with van der Waals surface area (Å²) in [5.74, 6) is 0.152. The zero-order chi connectivity index (χ0) is 29.1. The van der Waals surface area contributed by atoms with Crippen LogP contribution in [0.1, 0.15) is 63.1 Å². The molecule has 0 aromatic heterocycles. The fourth-order valence-electron chi connectivity index (χ4n) is 6.69. The van der Waals surface area contributed by atoms with E-state index in [1.807, 2.05) is 64.4 Å². The Labute approximate surface area is 248 Å². The average molecular weight is 568 g/mol. The molecular formula is C35H41N3O4. The molecular weight excluding hydrogens is 526 g/mol. The van der Waals surface area contributed by atoms with Crippen LogP contribution in [-0.2, 0) is 17.8 Å². The number of likely N-dealkylation sites (tertiary alicyclic amines) is 2. The highest BCUT2D eigenvalue weighted by Crippen LogP contribution is 2.36. The van der Waals surface area contributed by atoms with Crippen molar-refractivity contribution < 1.29 is 19.4 Å². The molecule has 3 aromatic carbocycles. The first kappa shape index (κ1) is 28.7. The predicted molar refractivity (Wildman–Crippen MR) is 162 cm³/mol. The van der Waals surface area contributed by atoms with E-state index in [1.54, 1.807) is 0 Å². The van der Waals surface area contributed by atoms with E-state index in [9.17, 15) is 14.7 Å². The minimum Gasteiger partial charge on any atom is -0.356 e. The van der Waals surface area contributed by atoms with Crippen LogP contribution in [0.4, 0.5) is 0 Å². The lowest BCUT2D eigenvalue weighted by Crippen LogP contribution is -2.46. The molecule has 1 N–H and O–H groups in total. The van der Waals surface area contributed by atoms with Gasteiger partial charge in [-0.3, -0.25) is 14.5 Å². The minimum atomic E-state index is -0.922. The summed E-state index contributed by atoms with van der Waals surface area (Å²) in [4.78, 5) is 32.3. The summed E-state index contributed by atoms with van der Waals surface area (Å²) in [5, 5.41) is 10.8. The zero-order valence-electron chi connectivity index (χ0n) is 24.5. The lowest BCUT2D eigenvalue weighted by Gasteiger charge is -2.38. The molecule has 0 radical (unpaired) electrons. The van der Waals surface area contributed by atoms with Gasteiger partial charge in [0.25, 0.3) is 5.91 Å². The molecule has 3 heterocycles. The first-order valence-electron chi connectivity index (χ1n) is 15.2. The Morgan fingerprint density at radius 2 is 1.50 bits per heavy atom. The van der Waals surface area contributed by atoms with Gasteiger partial charge in [0.05, 0.1) is 5.60 Å². The second kappa shape index (κ2) is 12.5. The van der Waals surface area contributed by atoms with Gasteiger partial charge in [-0.2, -0.15) is 0 Å². The topological polar surface area (TPSA) is 73.3 Å². The fourth-order valence-corrected chi connectivity index (χ4v) is 6.69. The Morgan fingerprint density at radius 1 is 0.833 bits per heavy atom. The predicted octanol–water partition coefficient (Wildman–Crippen LogP) is 4.87. The molecule has 6 rings (SSSR count). The molecule has 42 heavy (non-hydrogen) atoms. The zero-order valence-corrected chi connectivity index (χ0v) is 24.5. The molecule has 3 fully saturated rings. The smallest absolute Gasteiger partial charge is 0.253 e. The highest BCUT2D eigenvalue weighted by Gasteiger charge is 2.46. The monoisotopic (exact) mass is 567 g/mol. The number of nitrogens with zero attached hydrogens (tertiary/aromatic N) is 3. The molecule has 3 aliphatic rings. The van der Waals surface area contributed by atoms with Crippen molar-refractivity contribution in [2.45, 2.75) is 57.7 Å². The molecule has 1 atom stereocenters.